The van der Waals surface area contributed by atoms with Crippen LogP contribution in [0.5, 0.6) is 0 Å². The first-order valence-electron chi connectivity index (χ1n) is 5.79. The second kappa shape index (κ2) is 3.20. The number of nitrogens with zero attached hydrogens (tertiary/aromatic N) is 3. The smallest absolute Gasteiger partial charge is 0.236 e. The lowest BCUT2D eigenvalue weighted by atomic mass is 10.2. The fourth-order valence-electron chi connectivity index (χ4n) is 2.61. The predicted octanol–water partition coefficient (Wildman–Crippen LogP) is 3.02. The summed E-state index contributed by atoms with van der Waals surface area (Å²) in [6, 6.07) is 8.01. The average Bonchev–Trinajstić information content (AvgIpc) is 2.92. The fourth-order valence-corrected chi connectivity index (χ4v) is 2.98. The van der Waals surface area contributed by atoms with E-state index >= 15 is 0 Å². The van der Waals surface area contributed by atoms with Crippen LogP contribution in [0.2, 0.25) is 5.15 Å². The van der Waals surface area contributed by atoms with E-state index in [1.54, 1.807) is 0 Å². The van der Waals surface area contributed by atoms with Gasteiger partial charge in [0.25, 0.3) is 0 Å². The maximum atomic E-state index is 6.49. The van der Waals surface area contributed by atoms with Gasteiger partial charge in [0.05, 0.1) is 16.7 Å². The van der Waals surface area contributed by atoms with Crippen LogP contribution in [0.15, 0.2) is 24.3 Å². The molecular weight excluding hydrogens is 234 g/mol. The molecule has 1 aliphatic carbocycles. The van der Waals surface area contributed by atoms with E-state index in [2.05, 4.69) is 9.97 Å². The zero-order chi connectivity index (χ0) is 11.4. The van der Waals surface area contributed by atoms with E-state index in [0.29, 0.717) is 0 Å². The molecule has 2 heterocycles. The standard InChI is InChI=1S/C13H10ClN3/c14-12-8-4-3-6-9(8)15-13-16-10-5-1-2-7-11(10)17(12)13/h1-2,5,7H,3-4,6H2. The molecule has 0 saturated carbocycles. The lowest BCUT2D eigenvalue weighted by molar-refractivity contribution is 0.900. The van der Waals surface area contributed by atoms with E-state index in [0.717, 1.165) is 46.9 Å². The third-order valence-corrected chi connectivity index (χ3v) is 3.81. The second-order valence-corrected chi connectivity index (χ2v) is 4.78. The molecule has 0 atom stereocenters. The molecule has 84 valence electrons. The van der Waals surface area contributed by atoms with Gasteiger partial charge < -0.3 is 0 Å². The van der Waals surface area contributed by atoms with Gasteiger partial charge >= 0.3 is 0 Å². The van der Waals surface area contributed by atoms with Crippen LogP contribution in [0.25, 0.3) is 16.8 Å². The quantitative estimate of drug-likeness (QED) is 0.568. The SMILES string of the molecule is Clc1c2c(nc3nc4ccccc4n13)CCC2. The summed E-state index contributed by atoms with van der Waals surface area (Å²) >= 11 is 6.49. The summed E-state index contributed by atoms with van der Waals surface area (Å²) in [7, 11) is 0. The highest BCUT2D eigenvalue weighted by molar-refractivity contribution is 6.31. The van der Waals surface area contributed by atoms with Crippen molar-refractivity contribution >= 4 is 28.4 Å². The Morgan fingerprint density at radius 3 is 2.94 bits per heavy atom. The van der Waals surface area contributed by atoms with Gasteiger partial charge in [0.1, 0.15) is 5.15 Å². The predicted molar refractivity (Wildman–Crippen MR) is 67.5 cm³/mol. The van der Waals surface area contributed by atoms with E-state index < -0.39 is 0 Å². The van der Waals surface area contributed by atoms with Gasteiger partial charge in [0, 0.05) is 5.56 Å². The monoisotopic (exact) mass is 243 g/mol. The Bertz CT molecular complexity index is 745. The summed E-state index contributed by atoms with van der Waals surface area (Å²) in [5, 5.41) is 0.788. The van der Waals surface area contributed by atoms with Gasteiger partial charge in [-0.25, -0.2) is 9.97 Å². The lowest BCUT2D eigenvalue weighted by Gasteiger charge is -2.04. The molecule has 0 bridgehead atoms. The van der Waals surface area contributed by atoms with Crippen LogP contribution >= 0.6 is 11.6 Å². The van der Waals surface area contributed by atoms with Gasteiger partial charge in [0.15, 0.2) is 0 Å². The van der Waals surface area contributed by atoms with Crippen LogP contribution < -0.4 is 0 Å². The number of aromatic nitrogens is 3. The Balaban J connectivity index is 2.25. The molecule has 0 N–H and O–H groups in total. The lowest BCUT2D eigenvalue weighted by Crippen LogP contribution is -1.98. The Kier molecular flexibility index (Phi) is 1.77. The highest BCUT2D eigenvalue weighted by atomic mass is 35.5. The van der Waals surface area contributed by atoms with E-state index in [9.17, 15) is 0 Å². The largest absolute Gasteiger partial charge is 0.266 e. The Morgan fingerprint density at radius 1 is 1.12 bits per heavy atom. The Hall–Kier alpha value is -1.61. The topological polar surface area (TPSA) is 30.2 Å². The van der Waals surface area contributed by atoms with Crippen molar-refractivity contribution in [3.05, 3.63) is 40.7 Å². The van der Waals surface area contributed by atoms with E-state index in [1.807, 2.05) is 28.7 Å². The highest BCUT2D eigenvalue weighted by Gasteiger charge is 2.20. The van der Waals surface area contributed by atoms with Crippen LogP contribution in [0.3, 0.4) is 0 Å². The second-order valence-electron chi connectivity index (χ2n) is 4.42. The summed E-state index contributed by atoms with van der Waals surface area (Å²) in [4.78, 5) is 9.14. The molecule has 4 rings (SSSR count). The van der Waals surface area contributed by atoms with Crippen molar-refractivity contribution < 1.29 is 0 Å². The summed E-state index contributed by atoms with van der Waals surface area (Å²) in [6.07, 6.45) is 3.20. The molecule has 3 nitrogen and oxygen atoms in total. The number of para-hydroxylation sites is 2. The van der Waals surface area contributed by atoms with Crippen LogP contribution in [0.4, 0.5) is 0 Å². The van der Waals surface area contributed by atoms with E-state index in [4.69, 9.17) is 11.6 Å². The number of imidazole rings is 1. The molecule has 2 aromatic heterocycles. The first-order valence-corrected chi connectivity index (χ1v) is 6.17. The average molecular weight is 244 g/mol. The zero-order valence-corrected chi connectivity index (χ0v) is 9.91. The summed E-state index contributed by atoms with van der Waals surface area (Å²) in [5.74, 6) is 0.719. The maximum absolute atomic E-state index is 6.49. The molecular formula is C13H10ClN3. The normalized spacial score (nSPS) is 14.6. The van der Waals surface area contributed by atoms with Gasteiger partial charge in [-0.3, -0.25) is 4.40 Å². The van der Waals surface area contributed by atoms with Gasteiger partial charge in [-0.05, 0) is 31.4 Å². The minimum absolute atomic E-state index is 0.719. The van der Waals surface area contributed by atoms with Crippen LogP contribution in [0.1, 0.15) is 17.7 Å². The number of rotatable bonds is 0. The van der Waals surface area contributed by atoms with Crippen molar-refractivity contribution in [1.82, 2.24) is 14.4 Å². The zero-order valence-electron chi connectivity index (χ0n) is 9.15. The van der Waals surface area contributed by atoms with Crippen molar-refractivity contribution in [2.24, 2.45) is 0 Å². The van der Waals surface area contributed by atoms with Crippen LogP contribution in [-0.4, -0.2) is 14.4 Å². The minimum atomic E-state index is 0.719. The third kappa shape index (κ3) is 1.17. The van der Waals surface area contributed by atoms with Gasteiger partial charge in [-0.1, -0.05) is 23.7 Å². The first-order chi connectivity index (χ1) is 8.34. The number of fused-ring (bicyclic) bond motifs is 4. The molecule has 1 aliphatic rings. The molecule has 4 heteroatoms. The molecule has 0 radical (unpaired) electrons. The molecule has 0 amide bonds. The number of hydrogen-bond acceptors (Lipinski definition) is 2. The van der Waals surface area contributed by atoms with Gasteiger partial charge in [-0.15, -0.1) is 0 Å². The minimum Gasteiger partial charge on any atom is -0.266 e. The van der Waals surface area contributed by atoms with Gasteiger partial charge in [0.2, 0.25) is 5.78 Å². The first kappa shape index (κ1) is 9.42. The summed E-state index contributed by atoms with van der Waals surface area (Å²) in [5.41, 5.74) is 4.31. The van der Waals surface area contributed by atoms with Crippen LogP contribution in [0, 0.1) is 0 Å². The Labute approximate surface area is 103 Å². The molecule has 0 saturated heterocycles. The molecule has 0 fully saturated rings. The van der Waals surface area contributed by atoms with Gasteiger partial charge in [-0.2, -0.15) is 0 Å². The van der Waals surface area contributed by atoms with Crippen molar-refractivity contribution in [3.63, 3.8) is 0 Å². The molecule has 0 aliphatic heterocycles. The van der Waals surface area contributed by atoms with Crippen molar-refractivity contribution in [1.29, 1.82) is 0 Å². The third-order valence-electron chi connectivity index (χ3n) is 3.41. The van der Waals surface area contributed by atoms with Crippen molar-refractivity contribution in [3.8, 4) is 0 Å². The van der Waals surface area contributed by atoms with Crippen LogP contribution in [-0.2, 0) is 12.8 Å². The summed E-state index contributed by atoms with van der Waals surface area (Å²) < 4.78 is 1.96. The van der Waals surface area contributed by atoms with Crippen molar-refractivity contribution in [2.45, 2.75) is 19.3 Å². The Morgan fingerprint density at radius 2 is 2.00 bits per heavy atom. The van der Waals surface area contributed by atoms with E-state index in [1.165, 1.54) is 5.56 Å². The molecule has 1 aromatic carbocycles. The molecule has 0 unspecified atom stereocenters. The molecule has 0 spiro atoms. The highest BCUT2D eigenvalue weighted by Crippen LogP contribution is 2.30. The number of aryl methyl sites for hydroxylation is 1. The number of halogens is 1. The fraction of sp³-hybridized carbons (Fsp3) is 0.231. The van der Waals surface area contributed by atoms with E-state index in [-0.39, 0.29) is 0 Å². The van der Waals surface area contributed by atoms with Crippen molar-refractivity contribution in [2.75, 3.05) is 0 Å². The molecule has 17 heavy (non-hydrogen) atoms. The number of benzene rings is 1. The number of hydrogen-bond donors (Lipinski definition) is 0. The molecule has 3 aromatic rings. The summed E-state index contributed by atoms with van der Waals surface area (Å²) in [6.45, 7) is 0. The maximum Gasteiger partial charge on any atom is 0.236 e.